The van der Waals surface area contributed by atoms with Crippen LogP contribution in [-0.2, 0) is 19.2 Å². The first-order valence-corrected chi connectivity index (χ1v) is 18.1. The van der Waals surface area contributed by atoms with Gasteiger partial charge in [-0.15, -0.1) is 36.4 Å². The number of hydrogen-bond acceptors (Lipinski definition) is 7. The van der Waals surface area contributed by atoms with Crippen molar-refractivity contribution in [2.75, 3.05) is 9.80 Å². The highest BCUT2D eigenvalue weighted by Crippen LogP contribution is 2.67. The van der Waals surface area contributed by atoms with Crippen LogP contribution in [0.25, 0.3) is 0 Å². The van der Waals surface area contributed by atoms with Crippen LogP contribution in [0.2, 0.25) is 0 Å². The molecule has 2 saturated heterocycles. The van der Waals surface area contributed by atoms with Gasteiger partial charge in [0.1, 0.15) is 17.2 Å². The molecule has 4 amide bonds. The van der Waals surface area contributed by atoms with Crippen molar-refractivity contribution >= 4 is 64.0 Å². The summed E-state index contributed by atoms with van der Waals surface area (Å²) in [4.78, 5) is 64.5. The Morgan fingerprint density at radius 2 is 1.34 bits per heavy atom. The molecule has 2 aliphatic carbocycles. The molecule has 3 fully saturated rings. The summed E-state index contributed by atoms with van der Waals surface area (Å²) in [6, 6.07) is 15.6. The molecular weight excluding hydrogens is 843 g/mol. The highest BCUT2D eigenvalue weighted by Gasteiger charge is 2.77. The summed E-state index contributed by atoms with van der Waals surface area (Å²) >= 11 is 14.1. The molecule has 4 aromatic carbocycles. The minimum Gasteiger partial charge on any atom is -0.508 e. The number of hydrogen-bond donors (Lipinski definition) is 1. The molecular formula is C40H22Cl2F8N2O7. The first-order valence-electron chi connectivity index (χ1n) is 17.4. The maximum absolute atomic E-state index is 15.3. The van der Waals surface area contributed by atoms with Crippen LogP contribution in [0.1, 0.15) is 40.2 Å². The zero-order valence-electron chi connectivity index (χ0n) is 29.3. The summed E-state index contributed by atoms with van der Waals surface area (Å²) in [7, 11) is 0. The second-order valence-corrected chi connectivity index (χ2v) is 15.5. The third-order valence-corrected chi connectivity index (χ3v) is 12.6. The van der Waals surface area contributed by atoms with Crippen molar-refractivity contribution in [3.63, 3.8) is 0 Å². The number of phenols is 1. The van der Waals surface area contributed by atoms with Gasteiger partial charge >= 0.3 is 6.36 Å². The summed E-state index contributed by atoms with van der Waals surface area (Å²) in [5.41, 5.74) is -2.31. The predicted octanol–water partition coefficient (Wildman–Crippen LogP) is 7.99. The number of aromatic hydroxyl groups is 1. The number of rotatable bonds is 6. The molecule has 59 heavy (non-hydrogen) atoms. The molecule has 0 spiro atoms. The molecule has 8 rings (SSSR count). The summed E-state index contributed by atoms with van der Waals surface area (Å²) in [6.07, 6.45) is -5.23. The van der Waals surface area contributed by atoms with Gasteiger partial charge in [-0.05, 0) is 61.2 Å². The van der Waals surface area contributed by atoms with Gasteiger partial charge in [-0.1, -0.05) is 42.0 Å². The number of ketones is 1. The Kier molecular flexibility index (Phi) is 9.23. The van der Waals surface area contributed by atoms with Crippen molar-refractivity contribution < 1.29 is 68.9 Å². The Morgan fingerprint density at radius 3 is 1.95 bits per heavy atom. The average Bonchev–Trinajstić information content (AvgIpc) is 3.54. The van der Waals surface area contributed by atoms with E-state index < -0.39 is 127 Å². The molecule has 0 radical (unpaired) electrons. The number of phenolic OH excluding ortho intramolecular Hbond substituents is 1. The summed E-state index contributed by atoms with van der Waals surface area (Å²) < 4.78 is 118. The van der Waals surface area contributed by atoms with Gasteiger partial charge in [0.2, 0.25) is 17.6 Å². The van der Waals surface area contributed by atoms with Gasteiger partial charge in [0.05, 0.1) is 17.5 Å². The fraction of sp³-hybridized carbons (Fsp3) is 0.225. The molecule has 1 saturated carbocycles. The van der Waals surface area contributed by atoms with Crippen molar-refractivity contribution in [1.82, 2.24) is 0 Å². The van der Waals surface area contributed by atoms with Gasteiger partial charge in [0.25, 0.3) is 11.8 Å². The zero-order valence-corrected chi connectivity index (χ0v) is 30.8. The van der Waals surface area contributed by atoms with E-state index in [-0.39, 0.29) is 29.0 Å². The van der Waals surface area contributed by atoms with E-state index in [4.69, 9.17) is 23.2 Å². The Bertz CT molecular complexity index is 2540. The fourth-order valence-corrected chi connectivity index (χ4v) is 9.57. The predicted molar refractivity (Wildman–Crippen MR) is 190 cm³/mol. The van der Waals surface area contributed by atoms with Crippen LogP contribution in [-0.4, -0.2) is 50.6 Å². The zero-order chi connectivity index (χ0) is 42.7. The lowest BCUT2D eigenvalue weighted by Crippen LogP contribution is -2.60. The quantitative estimate of drug-likeness (QED) is 0.0397. The number of carbonyl (C=O) groups is 5. The second kappa shape index (κ2) is 13.6. The number of ether oxygens (including phenoxy) is 1. The van der Waals surface area contributed by atoms with Crippen LogP contribution < -0.4 is 14.5 Å². The molecule has 2 heterocycles. The van der Waals surface area contributed by atoms with E-state index in [2.05, 4.69) is 4.74 Å². The van der Waals surface area contributed by atoms with E-state index >= 15 is 8.78 Å². The van der Waals surface area contributed by atoms with E-state index in [1.807, 2.05) is 0 Å². The Morgan fingerprint density at radius 1 is 0.746 bits per heavy atom. The van der Waals surface area contributed by atoms with E-state index in [1.54, 1.807) is 30.3 Å². The largest absolute Gasteiger partial charge is 0.573 e. The maximum Gasteiger partial charge on any atom is 0.573 e. The highest BCUT2D eigenvalue weighted by molar-refractivity contribution is 6.58. The molecule has 0 bridgehead atoms. The summed E-state index contributed by atoms with van der Waals surface area (Å²) in [5, 5.41) is 11.1. The van der Waals surface area contributed by atoms with E-state index in [9.17, 15) is 55.4 Å². The van der Waals surface area contributed by atoms with Gasteiger partial charge in [-0.3, -0.25) is 28.9 Å². The van der Waals surface area contributed by atoms with E-state index in [1.165, 1.54) is 30.3 Å². The second-order valence-electron chi connectivity index (χ2n) is 14.2. The number of halogens is 10. The van der Waals surface area contributed by atoms with Crippen molar-refractivity contribution in [3.8, 4) is 11.5 Å². The summed E-state index contributed by atoms with van der Waals surface area (Å²) in [6.45, 7) is 0. The van der Waals surface area contributed by atoms with Crippen molar-refractivity contribution in [3.05, 3.63) is 130 Å². The number of nitrogens with zero attached hydrogens (tertiary/aromatic N) is 2. The lowest BCUT2D eigenvalue weighted by Gasteiger charge is -2.50. The average molecular weight is 866 g/mol. The molecule has 2 aliphatic heterocycles. The molecule has 6 atom stereocenters. The minimum absolute atomic E-state index is 0.0134. The maximum atomic E-state index is 15.3. The van der Waals surface area contributed by atoms with Gasteiger partial charge in [-0.2, -0.15) is 0 Å². The van der Waals surface area contributed by atoms with E-state index in [0.717, 1.165) is 4.90 Å². The number of fused-ring (bicyclic) bond motifs is 4. The molecule has 304 valence electrons. The summed E-state index contributed by atoms with van der Waals surface area (Å²) in [5.74, 6) is -26.9. The molecule has 9 nitrogen and oxygen atoms in total. The van der Waals surface area contributed by atoms with Gasteiger partial charge in [0, 0.05) is 22.6 Å². The highest BCUT2D eigenvalue weighted by atomic mass is 35.5. The number of carbonyl (C=O) groups excluding carboxylic acids is 5. The van der Waals surface area contributed by atoms with Crippen molar-refractivity contribution in [1.29, 1.82) is 0 Å². The monoisotopic (exact) mass is 864 g/mol. The molecule has 4 aliphatic rings. The normalized spacial score (nSPS) is 26.4. The van der Waals surface area contributed by atoms with Crippen LogP contribution >= 0.6 is 23.2 Å². The number of benzene rings is 4. The van der Waals surface area contributed by atoms with Crippen LogP contribution in [0.15, 0.2) is 84.4 Å². The Balaban J connectivity index is 1.26. The number of alkyl halides is 5. The standard InChI is InChI=1S/C40H22Cl2F8N2O7/c41-38-15-23-20(11-12-21-25(23)35(56)51(34(21)55)18-8-6-17(7-9-18)33(54)16-4-2-1-3-5-16)26(22-14-19(10-13-24(22)53)59-40(48,49)50)39(38,42)37(58)52(36(38)57)32-30(46)28(44)27(43)29(45)31(32)47/h1-11,13-14,21,23,25-26,53H,12,15H2. The lowest BCUT2D eigenvalue weighted by atomic mass is 9.56. The molecule has 19 heteroatoms. The molecule has 6 unspecified atom stereocenters. The third-order valence-electron chi connectivity index (χ3n) is 11.2. The Labute approximate surface area is 336 Å². The van der Waals surface area contributed by atoms with Gasteiger partial charge in [0.15, 0.2) is 38.8 Å². The fourth-order valence-electron chi connectivity index (χ4n) is 8.65. The van der Waals surface area contributed by atoms with Crippen molar-refractivity contribution in [2.45, 2.75) is 34.9 Å². The lowest BCUT2D eigenvalue weighted by molar-refractivity contribution is -0.274. The SMILES string of the molecule is O=C(c1ccccc1)c1ccc(N2C(=O)C3CC=C4C(CC5(Cl)C(=O)N(c6c(F)c(F)c(F)c(F)c6F)C(=O)C5(Cl)C4c4cc(OC(F)(F)F)ccc4O)C3C2=O)cc1. The van der Waals surface area contributed by atoms with Crippen LogP contribution in [0.4, 0.5) is 46.5 Å². The van der Waals surface area contributed by atoms with Crippen LogP contribution in [0.3, 0.4) is 0 Å². The van der Waals surface area contributed by atoms with Crippen molar-refractivity contribution in [2.24, 2.45) is 17.8 Å². The number of imide groups is 2. The number of anilines is 2. The minimum atomic E-state index is -5.32. The first kappa shape index (κ1) is 40.0. The first-order chi connectivity index (χ1) is 27.7. The smallest absolute Gasteiger partial charge is 0.508 e. The third kappa shape index (κ3) is 5.75. The van der Waals surface area contributed by atoms with E-state index in [0.29, 0.717) is 23.8 Å². The number of amides is 4. The Hall–Kier alpha value is -5.81. The van der Waals surface area contributed by atoms with Crippen LogP contribution in [0, 0.1) is 46.8 Å². The van der Waals surface area contributed by atoms with Gasteiger partial charge < -0.3 is 9.84 Å². The van der Waals surface area contributed by atoms with Crippen LogP contribution in [0.5, 0.6) is 11.5 Å². The van der Waals surface area contributed by atoms with Gasteiger partial charge in [-0.25, -0.2) is 26.9 Å². The number of allylic oxidation sites excluding steroid dienone is 2. The molecule has 1 N–H and O–H groups in total. The topological polar surface area (TPSA) is 121 Å². The molecule has 4 aromatic rings. The molecule has 0 aromatic heterocycles.